The highest BCUT2D eigenvalue weighted by molar-refractivity contribution is 6.10. The van der Waals surface area contributed by atoms with Gasteiger partial charge in [-0.2, -0.15) is 0 Å². The molecule has 0 atom stereocenters. The molecule has 0 heterocycles. The van der Waals surface area contributed by atoms with Crippen LogP contribution in [0.3, 0.4) is 0 Å². The second kappa shape index (κ2) is 6.96. The molecule has 5 N–H and O–H groups in total. The molecular weight excluding hydrogens is 364 g/mol. The van der Waals surface area contributed by atoms with E-state index in [2.05, 4.69) is 0 Å². The molecule has 0 radical (unpaired) electrons. The molecule has 0 amide bonds. The van der Waals surface area contributed by atoms with Gasteiger partial charge in [0, 0.05) is 0 Å². The van der Waals surface area contributed by atoms with Gasteiger partial charge in [0.25, 0.3) is 0 Å². The molecule has 0 aliphatic rings. The zero-order valence-electron chi connectivity index (χ0n) is 13.2. The highest BCUT2D eigenvalue weighted by atomic mass is 16.4. The quantitative estimate of drug-likeness (QED) is 0.499. The summed E-state index contributed by atoms with van der Waals surface area (Å²) in [7, 11) is 0. The van der Waals surface area contributed by atoms with Crippen molar-refractivity contribution in [3.63, 3.8) is 0 Å². The van der Waals surface area contributed by atoms with Crippen molar-refractivity contribution < 1.29 is 49.5 Å². The lowest BCUT2D eigenvalue weighted by Crippen LogP contribution is -2.15. The minimum Gasteiger partial charge on any atom is -0.478 e. The van der Waals surface area contributed by atoms with Crippen molar-refractivity contribution in [2.45, 2.75) is 0 Å². The molecule has 0 aliphatic carbocycles. The highest BCUT2D eigenvalue weighted by Gasteiger charge is 2.26. The van der Waals surface area contributed by atoms with E-state index in [0.29, 0.717) is 0 Å². The van der Waals surface area contributed by atoms with Crippen LogP contribution < -0.4 is 0 Å². The van der Waals surface area contributed by atoms with Crippen LogP contribution in [0, 0.1) is 0 Å². The minimum atomic E-state index is -1.78. The predicted octanol–water partition coefficient (Wildman–Crippen LogP) is 1.84. The molecule has 0 aromatic heterocycles. The Kier molecular flexibility index (Phi) is 4.93. The van der Waals surface area contributed by atoms with E-state index in [1.165, 1.54) is 0 Å². The van der Waals surface area contributed by atoms with E-state index in [0.717, 1.165) is 30.3 Å². The Balaban J connectivity index is 2.89. The molecule has 0 saturated heterocycles. The molecule has 2 rings (SSSR count). The number of rotatable bonds is 6. The van der Waals surface area contributed by atoms with Gasteiger partial charge in [0.15, 0.2) is 0 Å². The van der Waals surface area contributed by atoms with Crippen LogP contribution in [0.15, 0.2) is 30.3 Å². The van der Waals surface area contributed by atoms with Crippen molar-refractivity contribution in [1.29, 1.82) is 0 Å². The third-order valence-corrected chi connectivity index (χ3v) is 3.57. The van der Waals surface area contributed by atoms with Crippen LogP contribution in [-0.2, 0) is 0 Å². The third-order valence-electron chi connectivity index (χ3n) is 3.57. The fourth-order valence-electron chi connectivity index (χ4n) is 2.42. The molecule has 0 fully saturated rings. The van der Waals surface area contributed by atoms with E-state index in [1.54, 1.807) is 0 Å². The first kappa shape index (κ1) is 19.1. The normalized spacial score (nSPS) is 10.2. The van der Waals surface area contributed by atoms with Crippen molar-refractivity contribution >= 4 is 29.8 Å². The number of carboxylic acids is 5. The monoisotopic (exact) mass is 374 g/mol. The molecule has 2 aromatic carbocycles. The number of carboxylic acid groups (broad SMARTS) is 5. The second-order valence-electron chi connectivity index (χ2n) is 5.27. The van der Waals surface area contributed by atoms with Gasteiger partial charge in [-0.3, -0.25) is 0 Å². The number of carbonyl (C=O) groups is 5. The zero-order valence-corrected chi connectivity index (χ0v) is 13.2. The number of aromatic carboxylic acids is 5. The number of benzene rings is 2. The van der Waals surface area contributed by atoms with Crippen molar-refractivity contribution in [1.82, 2.24) is 0 Å². The maximum atomic E-state index is 11.4. The van der Waals surface area contributed by atoms with Crippen LogP contribution in [0.4, 0.5) is 0 Å². The van der Waals surface area contributed by atoms with Gasteiger partial charge in [-0.25, -0.2) is 24.0 Å². The standard InChI is InChI=1S/C17H10O10/c18-13(19)8-1-6(2-9(3-8)14(20)21)7-4-10(15(22)23)12(17(26)27)11(5-7)16(24)25/h1-5H,(H,18,19)(H,20,21)(H,22,23)(H,24,25)(H,26,27). The summed E-state index contributed by atoms with van der Waals surface area (Å²) in [5.74, 6) is -8.13. The Morgan fingerprint density at radius 1 is 0.481 bits per heavy atom. The lowest BCUT2D eigenvalue weighted by atomic mass is 9.92. The van der Waals surface area contributed by atoms with Gasteiger partial charge in [-0.15, -0.1) is 0 Å². The molecule has 27 heavy (non-hydrogen) atoms. The summed E-state index contributed by atoms with van der Waals surface area (Å²) in [5, 5.41) is 45.8. The van der Waals surface area contributed by atoms with Gasteiger partial charge in [-0.05, 0) is 41.5 Å². The van der Waals surface area contributed by atoms with Crippen LogP contribution in [0.5, 0.6) is 0 Å². The van der Waals surface area contributed by atoms with Crippen molar-refractivity contribution in [2.75, 3.05) is 0 Å². The van der Waals surface area contributed by atoms with Gasteiger partial charge in [0.1, 0.15) is 0 Å². The van der Waals surface area contributed by atoms with Gasteiger partial charge in [0.2, 0.25) is 0 Å². The first-order valence-corrected chi connectivity index (χ1v) is 7.03. The summed E-state index contributed by atoms with van der Waals surface area (Å²) >= 11 is 0. The molecule has 138 valence electrons. The summed E-state index contributed by atoms with van der Waals surface area (Å²) in [6.07, 6.45) is 0. The van der Waals surface area contributed by atoms with Crippen LogP contribution in [0.25, 0.3) is 11.1 Å². The Morgan fingerprint density at radius 2 is 0.852 bits per heavy atom. The van der Waals surface area contributed by atoms with Crippen molar-refractivity contribution in [2.24, 2.45) is 0 Å². The van der Waals surface area contributed by atoms with E-state index in [1.807, 2.05) is 0 Å². The molecule has 10 heteroatoms. The van der Waals surface area contributed by atoms with Crippen LogP contribution in [0.1, 0.15) is 51.8 Å². The fourth-order valence-corrected chi connectivity index (χ4v) is 2.42. The Morgan fingerprint density at radius 3 is 1.15 bits per heavy atom. The van der Waals surface area contributed by atoms with Crippen LogP contribution in [0.2, 0.25) is 0 Å². The minimum absolute atomic E-state index is 0.103. The lowest BCUT2D eigenvalue weighted by molar-refractivity contribution is 0.0633. The van der Waals surface area contributed by atoms with E-state index < -0.39 is 57.7 Å². The smallest absolute Gasteiger partial charge is 0.337 e. The summed E-state index contributed by atoms with van der Waals surface area (Å²) < 4.78 is 0. The first-order chi connectivity index (χ1) is 12.5. The van der Waals surface area contributed by atoms with E-state index in [4.69, 9.17) is 15.3 Å². The third kappa shape index (κ3) is 3.74. The SMILES string of the molecule is O=C(O)c1cc(C(=O)O)cc(-c2cc(C(=O)O)c(C(=O)O)c(C(=O)O)c2)c1. The topological polar surface area (TPSA) is 186 Å². The maximum Gasteiger partial charge on any atom is 0.337 e. The molecule has 2 aromatic rings. The number of hydrogen-bond acceptors (Lipinski definition) is 5. The Hall–Kier alpha value is -4.21. The maximum absolute atomic E-state index is 11.4. The average Bonchev–Trinajstić information content (AvgIpc) is 2.59. The van der Waals surface area contributed by atoms with Gasteiger partial charge in [-0.1, -0.05) is 0 Å². The van der Waals surface area contributed by atoms with E-state index in [9.17, 15) is 34.2 Å². The molecule has 0 unspecified atom stereocenters. The fraction of sp³-hybridized carbons (Fsp3) is 0. The molecule has 0 spiro atoms. The zero-order chi connectivity index (χ0) is 20.5. The van der Waals surface area contributed by atoms with Gasteiger partial charge < -0.3 is 25.5 Å². The van der Waals surface area contributed by atoms with Crippen molar-refractivity contribution in [3.05, 3.63) is 58.1 Å². The molecule has 10 nitrogen and oxygen atoms in total. The van der Waals surface area contributed by atoms with E-state index in [-0.39, 0.29) is 11.1 Å². The summed E-state index contributed by atoms with van der Waals surface area (Å²) in [4.78, 5) is 56.5. The highest BCUT2D eigenvalue weighted by Crippen LogP contribution is 2.28. The summed E-state index contributed by atoms with van der Waals surface area (Å²) in [6.45, 7) is 0. The molecule has 0 aliphatic heterocycles. The van der Waals surface area contributed by atoms with Crippen LogP contribution >= 0.6 is 0 Å². The Bertz CT molecular complexity index is 951. The Labute approximate surface area is 149 Å². The van der Waals surface area contributed by atoms with Crippen LogP contribution in [-0.4, -0.2) is 55.4 Å². The largest absolute Gasteiger partial charge is 0.478 e. The second-order valence-corrected chi connectivity index (χ2v) is 5.27. The first-order valence-electron chi connectivity index (χ1n) is 7.03. The summed E-state index contributed by atoms with van der Waals surface area (Å²) in [6, 6.07) is 4.58. The van der Waals surface area contributed by atoms with Gasteiger partial charge >= 0.3 is 29.8 Å². The van der Waals surface area contributed by atoms with Gasteiger partial charge in [0.05, 0.1) is 27.8 Å². The van der Waals surface area contributed by atoms with E-state index >= 15 is 0 Å². The van der Waals surface area contributed by atoms with Crippen molar-refractivity contribution in [3.8, 4) is 11.1 Å². The number of hydrogen-bond donors (Lipinski definition) is 5. The average molecular weight is 374 g/mol. The molecular formula is C17H10O10. The molecule has 0 saturated carbocycles. The molecule has 0 bridgehead atoms. The lowest BCUT2D eigenvalue weighted by Gasteiger charge is -2.11. The summed E-state index contributed by atoms with van der Waals surface area (Å²) in [5.41, 5.74) is -3.76. The predicted molar refractivity (Wildman–Crippen MR) is 86.7 cm³/mol.